The molecule has 2 aromatic rings. The van der Waals surface area contributed by atoms with E-state index in [2.05, 4.69) is 22.4 Å². The predicted octanol–water partition coefficient (Wildman–Crippen LogP) is 2.59. The Bertz CT molecular complexity index is 796. The number of rotatable bonds is 5. The summed E-state index contributed by atoms with van der Waals surface area (Å²) < 4.78 is 0. The van der Waals surface area contributed by atoms with Gasteiger partial charge >= 0.3 is 0 Å². The lowest BCUT2D eigenvalue weighted by molar-refractivity contribution is -0.119. The summed E-state index contributed by atoms with van der Waals surface area (Å²) in [5, 5.41) is 15.5. The molecule has 1 aromatic carbocycles. The van der Waals surface area contributed by atoms with Gasteiger partial charge < -0.3 is 15.3 Å². The van der Waals surface area contributed by atoms with Crippen molar-refractivity contribution in [1.29, 1.82) is 0 Å². The highest BCUT2D eigenvalue weighted by molar-refractivity contribution is 7.07. The highest BCUT2D eigenvalue weighted by Crippen LogP contribution is 2.39. The van der Waals surface area contributed by atoms with E-state index < -0.39 is 6.10 Å². The maximum Gasteiger partial charge on any atom is 0.273 e. The van der Waals surface area contributed by atoms with E-state index >= 15 is 0 Å². The molecule has 7 heteroatoms. The van der Waals surface area contributed by atoms with Gasteiger partial charge in [0.15, 0.2) is 0 Å². The third kappa shape index (κ3) is 4.42. The molecule has 0 saturated heterocycles. The lowest BCUT2D eigenvalue weighted by Crippen LogP contribution is -2.44. The lowest BCUT2D eigenvalue weighted by atomic mass is 9.74. The van der Waals surface area contributed by atoms with E-state index in [0.717, 1.165) is 18.4 Å². The summed E-state index contributed by atoms with van der Waals surface area (Å²) in [5.41, 5.74) is 2.95. The van der Waals surface area contributed by atoms with E-state index in [4.69, 9.17) is 0 Å². The summed E-state index contributed by atoms with van der Waals surface area (Å²) in [4.78, 5) is 30.0. The molecule has 1 fully saturated rings. The van der Waals surface area contributed by atoms with Crippen LogP contribution in [0.4, 0.5) is 0 Å². The summed E-state index contributed by atoms with van der Waals surface area (Å²) in [5.74, 6) is -0.230. The number of carbonyl (C=O) groups excluding carboxylic acids is 2. The maximum atomic E-state index is 12.7. The number of carbonyl (C=O) groups is 2. The van der Waals surface area contributed by atoms with Gasteiger partial charge in [-0.15, -0.1) is 11.3 Å². The Kier molecular flexibility index (Phi) is 6.46. The van der Waals surface area contributed by atoms with Crippen LogP contribution < -0.4 is 5.32 Å². The molecule has 0 unspecified atom stereocenters. The van der Waals surface area contributed by atoms with Crippen molar-refractivity contribution in [3.63, 3.8) is 0 Å². The minimum atomic E-state index is -0.615. The number of aliphatic hydroxyl groups excluding tert-OH is 1. The van der Waals surface area contributed by atoms with Gasteiger partial charge in [0.2, 0.25) is 5.91 Å². The van der Waals surface area contributed by atoms with E-state index in [1.54, 1.807) is 22.8 Å². The minimum Gasteiger partial charge on any atom is -0.391 e. The zero-order chi connectivity index (χ0) is 20.1. The quantitative estimate of drug-likeness (QED) is 0.755. The second-order valence-corrected chi connectivity index (χ2v) is 8.28. The standard InChI is InChI=1S/C21H27N3O3S/c1-15(25)22-13-21(16-6-4-3-5-7-16)10-8-18(19(26)9-11-21)24(2)20(27)17-12-28-14-23-17/h3-7,12,14,18-19,26H,8-11,13H2,1-2H3,(H,22,25)/t18-,19-,21-/m1/s1. The Balaban J connectivity index is 1.83. The van der Waals surface area contributed by atoms with Crippen molar-refractivity contribution < 1.29 is 14.7 Å². The summed E-state index contributed by atoms with van der Waals surface area (Å²) >= 11 is 1.38. The van der Waals surface area contributed by atoms with Gasteiger partial charge in [-0.05, 0) is 31.2 Å². The van der Waals surface area contributed by atoms with E-state index in [-0.39, 0.29) is 23.3 Å². The topological polar surface area (TPSA) is 82.5 Å². The molecule has 0 bridgehead atoms. The van der Waals surface area contributed by atoms with Crippen molar-refractivity contribution in [1.82, 2.24) is 15.2 Å². The first-order valence-corrected chi connectivity index (χ1v) is 10.5. The number of hydrogen-bond acceptors (Lipinski definition) is 5. The molecule has 1 heterocycles. The predicted molar refractivity (Wildman–Crippen MR) is 109 cm³/mol. The zero-order valence-electron chi connectivity index (χ0n) is 16.3. The van der Waals surface area contributed by atoms with Gasteiger partial charge in [-0.25, -0.2) is 4.98 Å². The number of benzene rings is 1. The zero-order valence-corrected chi connectivity index (χ0v) is 17.1. The van der Waals surface area contributed by atoms with E-state index in [1.165, 1.54) is 18.3 Å². The van der Waals surface area contributed by atoms with E-state index in [1.807, 2.05) is 18.2 Å². The molecule has 6 nitrogen and oxygen atoms in total. The number of thiazole rings is 1. The molecule has 1 aliphatic rings. The molecule has 150 valence electrons. The third-order valence-electron chi connectivity index (χ3n) is 5.81. The maximum absolute atomic E-state index is 12.7. The van der Waals surface area contributed by atoms with Gasteiger partial charge in [0, 0.05) is 31.3 Å². The molecule has 1 aromatic heterocycles. The van der Waals surface area contributed by atoms with Gasteiger partial charge in [0.1, 0.15) is 5.69 Å². The van der Waals surface area contributed by atoms with Crippen LogP contribution in [0.3, 0.4) is 0 Å². The number of nitrogens with zero attached hydrogens (tertiary/aromatic N) is 2. The van der Waals surface area contributed by atoms with Crippen molar-refractivity contribution in [2.75, 3.05) is 13.6 Å². The molecule has 1 saturated carbocycles. The first kappa shape index (κ1) is 20.5. The average Bonchev–Trinajstić information content (AvgIpc) is 3.18. The second kappa shape index (κ2) is 8.84. The van der Waals surface area contributed by atoms with Gasteiger partial charge in [0.25, 0.3) is 5.91 Å². The minimum absolute atomic E-state index is 0.0625. The molecule has 0 radical (unpaired) electrons. The number of nitrogens with one attached hydrogen (secondary N) is 1. The second-order valence-electron chi connectivity index (χ2n) is 7.56. The monoisotopic (exact) mass is 401 g/mol. The Morgan fingerprint density at radius 3 is 2.64 bits per heavy atom. The third-order valence-corrected chi connectivity index (χ3v) is 6.40. The van der Waals surface area contributed by atoms with Gasteiger partial charge in [-0.1, -0.05) is 30.3 Å². The molecule has 2 amide bonds. The van der Waals surface area contributed by atoms with Gasteiger partial charge in [-0.3, -0.25) is 9.59 Å². The van der Waals surface area contributed by atoms with Crippen molar-refractivity contribution >= 4 is 23.2 Å². The van der Waals surface area contributed by atoms with E-state index in [0.29, 0.717) is 25.1 Å². The first-order chi connectivity index (χ1) is 13.4. The summed E-state index contributed by atoms with van der Waals surface area (Å²) in [7, 11) is 1.74. The fourth-order valence-electron chi connectivity index (χ4n) is 4.11. The van der Waals surface area contributed by atoms with Crippen molar-refractivity contribution in [3.8, 4) is 0 Å². The number of hydrogen-bond donors (Lipinski definition) is 2. The average molecular weight is 402 g/mol. The number of likely N-dealkylation sites (N-methyl/N-ethyl adjacent to an activating group) is 1. The SMILES string of the molecule is CC(=O)NC[C@]1(c2ccccc2)CC[C@@H](O)[C@H](N(C)C(=O)c2cscn2)CC1. The molecule has 0 aliphatic heterocycles. The van der Waals surface area contributed by atoms with Crippen LogP contribution in [-0.4, -0.2) is 52.5 Å². The van der Waals surface area contributed by atoms with Crippen LogP contribution in [-0.2, 0) is 10.2 Å². The van der Waals surface area contributed by atoms with Crippen LogP contribution in [0.25, 0.3) is 0 Å². The molecule has 28 heavy (non-hydrogen) atoms. The van der Waals surface area contributed by atoms with Crippen molar-refractivity contribution in [3.05, 3.63) is 52.5 Å². The van der Waals surface area contributed by atoms with Crippen LogP contribution >= 0.6 is 11.3 Å². The largest absolute Gasteiger partial charge is 0.391 e. The Morgan fingerprint density at radius 2 is 2.00 bits per heavy atom. The molecule has 2 N–H and O–H groups in total. The van der Waals surface area contributed by atoms with Crippen LogP contribution in [0.2, 0.25) is 0 Å². The highest BCUT2D eigenvalue weighted by atomic mass is 32.1. The molecule has 3 atom stereocenters. The lowest BCUT2D eigenvalue weighted by Gasteiger charge is -2.34. The normalized spacial score (nSPS) is 25.0. The molecule has 1 aliphatic carbocycles. The van der Waals surface area contributed by atoms with Crippen LogP contribution in [0.5, 0.6) is 0 Å². The van der Waals surface area contributed by atoms with Gasteiger partial charge in [0.05, 0.1) is 17.7 Å². The van der Waals surface area contributed by atoms with Crippen molar-refractivity contribution in [2.45, 2.75) is 50.2 Å². The van der Waals surface area contributed by atoms with E-state index in [9.17, 15) is 14.7 Å². The first-order valence-electron chi connectivity index (χ1n) is 9.56. The Labute approximate surface area is 169 Å². The number of aromatic nitrogens is 1. The van der Waals surface area contributed by atoms with Gasteiger partial charge in [-0.2, -0.15) is 0 Å². The summed E-state index contributed by atoms with van der Waals surface area (Å²) in [6, 6.07) is 9.86. The Hall–Kier alpha value is -2.25. The summed E-state index contributed by atoms with van der Waals surface area (Å²) in [6.45, 7) is 2.04. The fraction of sp³-hybridized carbons (Fsp3) is 0.476. The summed E-state index contributed by atoms with van der Waals surface area (Å²) in [6.07, 6.45) is 2.12. The highest BCUT2D eigenvalue weighted by Gasteiger charge is 2.40. The number of amides is 2. The number of aliphatic hydroxyl groups is 1. The molecular formula is C21H27N3O3S. The molecular weight excluding hydrogens is 374 g/mol. The van der Waals surface area contributed by atoms with Crippen LogP contribution in [0.1, 0.15) is 48.7 Å². The molecule has 0 spiro atoms. The van der Waals surface area contributed by atoms with Crippen LogP contribution in [0, 0.1) is 0 Å². The fourth-order valence-corrected chi connectivity index (χ4v) is 4.64. The Morgan fingerprint density at radius 1 is 1.29 bits per heavy atom. The van der Waals surface area contributed by atoms with Crippen LogP contribution in [0.15, 0.2) is 41.2 Å². The smallest absolute Gasteiger partial charge is 0.273 e. The van der Waals surface area contributed by atoms with Crippen molar-refractivity contribution in [2.24, 2.45) is 0 Å². The molecule has 3 rings (SSSR count).